The van der Waals surface area contributed by atoms with Crippen molar-refractivity contribution < 1.29 is 13.9 Å². The van der Waals surface area contributed by atoms with Gasteiger partial charge in [-0.15, -0.1) is 0 Å². The Morgan fingerprint density at radius 3 is 3.11 bits per heavy atom. The predicted octanol–water partition coefficient (Wildman–Crippen LogP) is 1.51. The molecule has 2 aliphatic rings. The van der Waals surface area contributed by atoms with E-state index in [0.29, 0.717) is 12.1 Å². The van der Waals surface area contributed by atoms with E-state index in [1.54, 1.807) is 23.1 Å². The van der Waals surface area contributed by atoms with Gasteiger partial charge in [0.05, 0.1) is 12.6 Å². The van der Waals surface area contributed by atoms with E-state index in [-0.39, 0.29) is 30.6 Å². The molecule has 0 aliphatic carbocycles. The van der Waals surface area contributed by atoms with Gasteiger partial charge in [0.2, 0.25) is 0 Å². The summed E-state index contributed by atoms with van der Waals surface area (Å²) in [6.45, 7) is 1.84. The lowest BCUT2D eigenvalue weighted by atomic mass is 10.0. The second-order valence-electron chi connectivity index (χ2n) is 4.70. The van der Waals surface area contributed by atoms with Crippen LogP contribution in [0.1, 0.15) is 12.0 Å². The number of amides is 1. The van der Waals surface area contributed by atoms with Crippen LogP contribution < -0.4 is 5.32 Å². The predicted molar refractivity (Wildman–Crippen MR) is 63.5 cm³/mol. The molecule has 3 rings (SSSR count). The number of halogens is 1. The quantitative estimate of drug-likeness (QED) is 0.865. The van der Waals surface area contributed by atoms with Crippen LogP contribution in [0.15, 0.2) is 24.3 Å². The van der Waals surface area contributed by atoms with E-state index in [4.69, 9.17) is 4.74 Å². The van der Waals surface area contributed by atoms with Crippen molar-refractivity contribution >= 4 is 6.09 Å². The van der Waals surface area contributed by atoms with E-state index in [1.807, 2.05) is 0 Å². The van der Waals surface area contributed by atoms with Crippen LogP contribution in [0.3, 0.4) is 0 Å². The molecule has 0 spiro atoms. The molecule has 2 aliphatic heterocycles. The molecule has 1 aromatic rings. The first-order valence-electron chi connectivity index (χ1n) is 6.17. The summed E-state index contributed by atoms with van der Waals surface area (Å²) in [4.78, 5) is 13.5. The fourth-order valence-corrected chi connectivity index (χ4v) is 2.62. The Hall–Kier alpha value is -1.62. The van der Waals surface area contributed by atoms with Crippen LogP contribution in [0.25, 0.3) is 0 Å². The van der Waals surface area contributed by atoms with E-state index in [9.17, 15) is 9.18 Å². The van der Waals surface area contributed by atoms with Crippen LogP contribution in [0, 0.1) is 5.82 Å². The third-order valence-electron chi connectivity index (χ3n) is 3.58. The average Bonchev–Trinajstić information content (AvgIpc) is 2.69. The number of ether oxygens (including phenoxy) is 1. The Labute approximate surface area is 105 Å². The van der Waals surface area contributed by atoms with E-state index in [1.165, 1.54) is 6.07 Å². The topological polar surface area (TPSA) is 41.6 Å². The maximum atomic E-state index is 13.6. The van der Waals surface area contributed by atoms with Gasteiger partial charge in [-0.1, -0.05) is 18.2 Å². The maximum absolute atomic E-state index is 13.6. The molecule has 4 nitrogen and oxygen atoms in total. The zero-order valence-corrected chi connectivity index (χ0v) is 9.93. The van der Waals surface area contributed by atoms with Gasteiger partial charge in [0, 0.05) is 12.1 Å². The Balaban J connectivity index is 1.79. The molecule has 5 heteroatoms. The number of hydrogen-bond donors (Lipinski definition) is 1. The number of rotatable bonds is 2. The van der Waals surface area contributed by atoms with Gasteiger partial charge < -0.3 is 10.1 Å². The Kier molecular flexibility index (Phi) is 2.91. The summed E-state index contributed by atoms with van der Waals surface area (Å²) < 4.78 is 18.9. The van der Waals surface area contributed by atoms with Gasteiger partial charge in [-0.05, 0) is 19.0 Å². The molecule has 2 unspecified atom stereocenters. The maximum Gasteiger partial charge on any atom is 0.410 e. The molecule has 0 bridgehead atoms. The molecule has 2 saturated heterocycles. The summed E-state index contributed by atoms with van der Waals surface area (Å²) in [5, 5.41) is 3.19. The fraction of sp³-hybridized carbons (Fsp3) is 0.462. The number of nitrogens with one attached hydrogen (secondary N) is 1. The zero-order chi connectivity index (χ0) is 12.5. The van der Waals surface area contributed by atoms with Crippen molar-refractivity contribution in [3.63, 3.8) is 0 Å². The van der Waals surface area contributed by atoms with E-state index in [2.05, 4.69) is 5.32 Å². The van der Waals surface area contributed by atoms with Crippen LogP contribution in [-0.4, -0.2) is 36.2 Å². The fourth-order valence-electron chi connectivity index (χ4n) is 2.62. The lowest BCUT2D eigenvalue weighted by Crippen LogP contribution is -2.47. The van der Waals surface area contributed by atoms with Crippen LogP contribution in [-0.2, 0) is 11.3 Å². The second-order valence-corrected chi connectivity index (χ2v) is 4.70. The van der Waals surface area contributed by atoms with Crippen molar-refractivity contribution in [3.05, 3.63) is 35.6 Å². The molecule has 1 N–H and O–H groups in total. The molecule has 18 heavy (non-hydrogen) atoms. The number of fused-ring (bicyclic) bond motifs is 1. The van der Waals surface area contributed by atoms with Crippen LogP contribution in [0.2, 0.25) is 0 Å². The van der Waals surface area contributed by atoms with Gasteiger partial charge >= 0.3 is 6.09 Å². The van der Waals surface area contributed by atoms with Gasteiger partial charge in [0.15, 0.2) is 0 Å². The number of carbonyl (C=O) groups is 1. The number of benzene rings is 1. The molecule has 0 radical (unpaired) electrons. The van der Waals surface area contributed by atoms with Crippen molar-refractivity contribution in [3.8, 4) is 0 Å². The lowest BCUT2D eigenvalue weighted by molar-refractivity contribution is 0.121. The smallest absolute Gasteiger partial charge is 0.410 e. The highest BCUT2D eigenvalue weighted by Gasteiger charge is 2.42. The van der Waals surface area contributed by atoms with Gasteiger partial charge in [0.1, 0.15) is 11.9 Å². The molecule has 1 aromatic carbocycles. The normalized spacial score (nSPS) is 26.9. The molecule has 1 amide bonds. The number of carbonyl (C=O) groups excluding carboxylic acids is 1. The summed E-state index contributed by atoms with van der Waals surface area (Å²) in [6, 6.07) is 6.61. The first-order valence-corrected chi connectivity index (χ1v) is 6.17. The minimum atomic E-state index is -0.336. The summed E-state index contributed by atoms with van der Waals surface area (Å²) >= 11 is 0. The Morgan fingerprint density at radius 1 is 1.44 bits per heavy atom. The summed E-state index contributed by atoms with van der Waals surface area (Å²) in [7, 11) is 0. The molecular weight excluding hydrogens is 235 g/mol. The van der Waals surface area contributed by atoms with Gasteiger partial charge in [-0.2, -0.15) is 0 Å². The monoisotopic (exact) mass is 250 g/mol. The van der Waals surface area contributed by atoms with Gasteiger partial charge in [-0.25, -0.2) is 9.18 Å². The Morgan fingerprint density at radius 2 is 2.28 bits per heavy atom. The molecular formula is C13H15FN2O2. The molecule has 96 valence electrons. The minimum absolute atomic E-state index is 0.0679. The number of nitrogens with zero attached hydrogens (tertiary/aromatic N) is 1. The molecule has 0 saturated carbocycles. The standard InChI is InChI=1S/C13H15FN2O2/c14-10-4-2-1-3-9(10)8-16-11-5-6-15-7-12(11)18-13(16)17/h1-4,11-12,15H,5-8H2. The molecule has 2 fully saturated rings. The van der Waals surface area contributed by atoms with Gasteiger partial charge in [-0.3, -0.25) is 4.90 Å². The average molecular weight is 250 g/mol. The molecule has 2 atom stereocenters. The third-order valence-corrected chi connectivity index (χ3v) is 3.58. The van der Waals surface area contributed by atoms with Gasteiger partial charge in [0.25, 0.3) is 0 Å². The van der Waals surface area contributed by atoms with Crippen molar-refractivity contribution in [1.82, 2.24) is 10.2 Å². The number of hydrogen-bond acceptors (Lipinski definition) is 3. The van der Waals surface area contributed by atoms with Crippen LogP contribution >= 0.6 is 0 Å². The lowest BCUT2D eigenvalue weighted by Gasteiger charge is -2.28. The first-order chi connectivity index (χ1) is 8.75. The highest BCUT2D eigenvalue weighted by atomic mass is 19.1. The van der Waals surface area contributed by atoms with E-state index >= 15 is 0 Å². The van der Waals surface area contributed by atoms with E-state index < -0.39 is 0 Å². The summed E-state index contributed by atoms with van der Waals surface area (Å²) in [6.07, 6.45) is 0.417. The minimum Gasteiger partial charge on any atom is -0.443 e. The zero-order valence-electron chi connectivity index (χ0n) is 9.93. The van der Waals surface area contributed by atoms with Crippen molar-refractivity contribution in [2.75, 3.05) is 13.1 Å². The SMILES string of the molecule is O=C1OC2CNCCC2N1Cc1ccccc1F. The third kappa shape index (κ3) is 1.95. The first kappa shape index (κ1) is 11.5. The molecule has 2 heterocycles. The van der Waals surface area contributed by atoms with Crippen molar-refractivity contribution in [2.24, 2.45) is 0 Å². The largest absolute Gasteiger partial charge is 0.443 e. The Bertz CT molecular complexity index is 466. The second kappa shape index (κ2) is 4.57. The summed E-state index contributed by atoms with van der Waals surface area (Å²) in [5.41, 5.74) is 0.536. The van der Waals surface area contributed by atoms with E-state index in [0.717, 1.165) is 13.0 Å². The summed E-state index contributed by atoms with van der Waals surface area (Å²) in [5.74, 6) is -0.275. The van der Waals surface area contributed by atoms with Crippen LogP contribution in [0.5, 0.6) is 0 Å². The number of piperidine rings is 1. The molecule has 0 aromatic heterocycles. The van der Waals surface area contributed by atoms with Crippen LogP contribution in [0.4, 0.5) is 9.18 Å². The highest BCUT2D eigenvalue weighted by molar-refractivity contribution is 5.71. The van der Waals surface area contributed by atoms with Crippen molar-refractivity contribution in [1.29, 1.82) is 0 Å². The highest BCUT2D eigenvalue weighted by Crippen LogP contribution is 2.26. The van der Waals surface area contributed by atoms with Crippen molar-refractivity contribution in [2.45, 2.75) is 25.1 Å².